The van der Waals surface area contributed by atoms with E-state index in [2.05, 4.69) is 5.32 Å². The maximum Gasteiger partial charge on any atom is 0.335 e. The standard InChI is InChI=1S/C15H20N2O4/c16-9-11-5-6-13(21-11)14(18)17-8-7-10-3-1-2-4-12(10)15(19)20/h1-4,11,13H,5-9,16H2,(H,17,18)(H,19,20). The van der Waals surface area contributed by atoms with Crippen LogP contribution in [-0.4, -0.2) is 42.3 Å². The Labute approximate surface area is 123 Å². The second-order valence-corrected chi connectivity index (χ2v) is 5.06. The molecule has 1 amide bonds. The first-order chi connectivity index (χ1) is 10.1. The van der Waals surface area contributed by atoms with Crippen LogP contribution in [0.5, 0.6) is 0 Å². The number of nitrogens with one attached hydrogen (secondary N) is 1. The molecule has 1 aliphatic rings. The van der Waals surface area contributed by atoms with Crippen molar-refractivity contribution in [2.45, 2.75) is 31.5 Å². The van der Waals surface area contributed by atoms with Gasteiger partial charge in [0.2, 0.25) is 5.91 Å². The zero-order valence-electron chi connectivity index (χ0n) is 11.7. The number of amides is 1. The van der Waals surface area contributed by atoms with E-state index in [-0.39, 0.29) is 17.6 Å². The number of benzene rings is 1. The highest BCUT2D eigenvalue weighted by Gasteiger charge is 2.29. The SMILES string of the molecule is NCC1CCC(C(=O)NCCc2ccccc2C(=O)O)O1. The molecule has 6 nitrogen and oxygen atoms in total. The minimum Gasteiger partial charge on any atom is -0.478 e. The van der Waals surface area contributed by atoms with Gasteiger partial charge >= 0.3 is 5.97 Å². The number of ether oxygens (including phenoxy) is 1. The lowest BCUT2D eigenvalue weighted by Gasteiger charge is -2.13. The minimum absolute atomic E-state index is 0.0338. The number of rotatable bonds is 6. The number of carbonyl (C=O) groups excluding carboxylic acids is 1. The van der Waals surface area contributed by atoms with Gasteiger partial charge in [0.15, 0.2) is 0 Å². The summed E-state index contributed by atoms with van der Waals surface area (Å²) in [7, 11) is 0. The monoisotopic (exact) mass is 292 g/mol. The summed E-state index contributed by atoms with van der Waals surface area (Å²) in [4.78, 5) is 23.0. The van der Waals surface area contributed by atoms with Crippen molar-refractivity contribution in [1.82, 2.24) is 5.32 Å². The third-order valence-corrected chi connectivity index (χ3v) is 3.60. The van der Waals surface area contributed by atoms with Crippen LogP contribution in [0.4, 0.5) is 0 Å². The van der Waals surface area contributed by atoms with Crippen molar-refractivity contribution in [2.24, 2.45) is 5.73 Å². The molecule has 2 unspecified atom stereocenters. The predicted octanol–water partition coefficient (Wildman–Crippen LogP) is 0.550. The zero-order valence-corrected chi connectivity index (χ0v) is 11.7. The number of nitrogens with two attached hydrogens (primary N) is 1. The first-order valence-electron chi connectivity index (χ1n) is 7.06. The van der Waals surface area contributed by atoms with E-state index in [0.717, 1.165) is 6.42 Å². The van der Waals surface area contributed by atoms with Crippen LogP contribution < -0.4 is 11.1 Å². The van der Waals surface area contributed by atoms with E-state index in [9.17, 15) is 9.59 Å². The zero-order chi connectivity index (χ0) is 15.2. The Hall–Kier alpha value is -1.92. The van der Waals surface area contributed by atoms with E-state index in [1.807, 2.05) is 0 Å². The molecular formula is C15H20N2O4. The normalized spacial score (nSPS) is 21.2. The first-order valence-corrected chi connectivity index (χ1v) is 7.06. The van der Waals surface area contributed by atoms with E-state index in [4.69, 9.17) is 15.6 Å². The van der Waals surface area contributed by atoms with Gasteiger partial charge in [0.1, 0.15) is 6.10 Å². The van der Waals surface area contributed by atoms with Gasteiger partial charge in [0.05, 0.1) is 11.7 Å². The topological polar surface area (TPSA) is 102 Å². The summed E-state index contributed by atoms with van der Waals surface area (Å²) in [6.45, 7) is 0.812. The molecule has 6 heteroatoms. The number of aromatic carboxylic acids is 1. The Balaban J connectivity index is 1.82. The van der Waals surface area contributed by atoms with Gasteiger partial charge in [-0.05, 0) is 30.9 Å². The molecule has 114 valence electrons. The number of hydrogen-bond acceptors (Lipinski definition) is 4. The number of carbonyl (C=O) groups is 2. The molecule has 1 heterocycles. The highest BCUT2D eigenvalue weighted by molar-refractivity contribution is 5.89. The van der Waals surface area contributed by atoms with Gasteiger partial charge in [-0.1, -0.05) is 18.2 Å². The summed E-state index contributed by atoms with van der Waals surface area (Å²) in [5, 5.41) is 11.9. The Morgan fingerprint density at radius 1 is 1.33 bits per heavy atom. The van der Waals surface area contributed by atoms with Crippen molar-refractivity contribution >= 4 is 11.9 Å². The van der Waals surface area contributed by atoms with E-state index in [1.165, 1.54) is 0 Å². The second kappa shape index (κ2) is 7.19. The quantitative estimate of drug-likeness (QED) is 0.710. The molecule has 1 fully saturated rings. The van der Waals surface area contributed by atoms with Crippen molar-refractivity contribution < 1.29 is 19.4 Å². The van der Waals surface area contributed by atoms with Crippen molar-refractivity contribution in [1.29, 1.82) is 0 Å². The van der Waals surface area contributed by atoms with Crippen LogP contribution in [0.3, 0.4) is 0 Å². The Morgan fingerprint density at radius 3 is 2.76 bits per heavy atom. The van der Waals surface area contributed by atoms with E-state index in [1.54, 1.807) is 24.3 Å². The lowest BCUT2D eigenvalue weighted by Crippen LogP contribution is -2.36. The molecule has 1 aromatic carbocycles. The van der Waals surface area contributed by atoms with Crippen LogP contribution in [0.25, 0.3) is 0 Å². The lowest BCUT2D eigenvalue weighted by molar-refractivity contribution is -0.131. The third-order valence-electron chi connectivity index (χ3n) is 3.60. The van der Waals surface area contributed by atoms with Crippen molar-refractivity contribution in [3.05, 3.63) is 35.4 Å². The van der Waals surface area contributed by atoms with E-state index >= 15 is 0 Å². The molecule has 1 aliphatic heterocycles. The fraction of sp³-hybridized carbons (Fsp3) is 0.467. The smallest absolute Gasteiger partial charge is 0.335 e. The van der Waals surface area contributed by atoms with Gasteiger partial charge < -0.3 is 20.9 Å². The Morgan fingerprint density at radius 2 is 2.10 bits per heavy atom. The Kier molecular flexibility index (Phi) is 5.30. The van der Waals surface area contributed by atoms with Gasteiger partial charge in [-0.3, -0.25) is 4.79 Å². The van der Waals surface area contributed by atoms with Crippen molar-refractivity contribution in [3.8, 4) is 0 Å². The average Bonchev–Trinajstić information content (AvgIpc) is 2.96. The molecule has 0 radical (unpaired) electrons. The third kappa shape index (κ3) is 4.03. The average molecular weight is 292 g/mol. The van der Waals surface area contributed by atoms with Gasteiger partial charge in [-0.15, -0.1) is 0 Å². The molecule has 4 N–H and O–H groups in total. The molecule has 21 heavy (non-hydrogen) atoms. The van der Waals surface area contributed by atoms with Crippen molar-refractivity contribution in [3.63, 3.8) is 0 Å². The highest BCUT2D eigenvalue weighted by atomic mass is 16.5. The van der Waals surface area contributed by atoms with Gasteiger partial charge in [-0.25, -0.2) is 4.79 Å². The lowest BCUT2D eigenvalue weighted by atomic mass is 10.0. The molecular weight excluding hydrogens is 272 g/mol. The predicted molar refractivity (Wildman–Crippen MR) is 77.1 cm³/mol. The summed E-state index contributed by atoms with van der Waals surface area (Å²) in [6, 6.07) is 6.79. The maximum atomic E-state index is 11.9. The van der Waals surface area contributed by atoms with Crippen LogP contribution in [0.1, 0.15) is 28.8 Å². The molecule has 0 spiro atoms. The molecule has 1 aromatic rings. The van der Waals surface area contributed by atoms with E-state index in [0.29, 0.717) is 31.5 Å². The van der Waals surface area contributed by atoms with Crippen LogP contribution in [0, 0.1) is 0 Å². The Bertz CT molecular complexity index is 518. The van der Waals surface area contributed by atoms with Crippen LogP contribution >= 0.6 is 0 Å². The molecule has 0 saturated carbocycles. The molecule has 2 atom stereocenters. The molecule has 0 aromatic heterocycles. The van der Waals surface area contributed by atoms with Gasteiger partial charge in [-0.2, -0.15) is 0 Å². The summed E-state index contributed by atoms with van der Waals surface area (Å²) in [6.07, 6.45) is 1.48. The summed E-state index contributed by atoms with van der Waals surface area (Å²) < 4.78 is 5.51. The fourth-order valence-electron chi connectivity index (χ4n) is 2.45. The largest absolute Gasteiger partial charge is 0.478 e. The van der Waals surface area contributed by atoms with E-state index < -0.39 is 12.1 Å². The minimum atomic E-state index is -0.957. The summed E-state index contributed by atoms with van der Waals surface area (Å²) >= 11 is 0. The fourth-order valence-corrected chi connectivity index (χ4v) is 2.45. The summed E-state index contributed by atoms with van der Waals surface area (Å²) in [5.41, 5.74) is 6.48. The number of carboxylic acid groups (broad SMARTS) is 1. The van der Waals surface area contributed by atoms with Gasteiger partial charge in [0.25, 0.3) is 0 Å². The molecule has 0 bridgehead atoms. The van der Waals surface area contributed by atoms with Crippen LogP contribution in [-0.2, 0) is 16.0 Å². The van der Waals surface area contributed by atoms with Crippen LogP contribution in [0.2, 0.25) is 0 Å². The van der Waals surface area contributed by atoms with Gasteiger partial charge in [0, 0.05) is 13.1 Å². The highest BCUT2D eigenvalue weighted by Crippen LogP contribution is 2.18. The second-order valence-electron chi connectivity index (χ2n) is 5.06. The maximum absolute atomic E-state index is 11.9. The molecule has 0 aliphatic carbocycles. The number of hydrogen-bond donors (Lipinski definition) is 3. The molecule has 1 saturated heterocycles. The van der Waals surface area contributed by atoms with Crippen molar-refractivity contribution in [2.75, 3.05) is 13.1 Å². The summed E-state index contributed by atoms with van der Waals surface area (Å²) in [5.74, 6) is -1.11. The first kappa shape index (κ1) is 15.5. The molecule has 2 rings (SSSR count). The van der Waals surface area contributed by atoms with Crippen LogP contribution in [0.15, 0.2) is 24.3 Å². The number of carboxylic acids is 1.